The lowest BCUT2D eigenvalue weighted by atomic mass is 9.81. The van der Waals surface area contributed by atoms with Crippen LogP contribution in [0, 0.1) is 5.92 Å². The van der Waals surface area contributed by atoms with Crippen LogP contribution in [0.5, 0.6) is 11.5 Å². The normalized spacial score (nSPS) is 21.8. The molecule has 20 heavy (non-hydrogen) atoms. The third-order valence-electron chi connectivity index (χ3n) is 4.35. The Morgan fingerprint density at radius 3 is 2.50 bits per heavy atom. The van der Waals surface area contributed by atoms with E-state index >= 15 is 0 Å². The van der Waals surface area contributed by atoms with Gasteiger partial charge in [0.25, 0.3) is 0 Å². The van der Waals surface area contributed by atoms with Gasteiger partial charge >= 0.3 is 0 Å². The van der Waals surface area contributed by atoms with Crippen molar-refractivity contribution in [3.05, 3.63) is 22.2 Å². The van der Waals surface area contributed by atoms with Gasteiger partial charge in [-0.15, -0.1) is 0 Å². The molecular weight excluding hydrogens is 322 g/mol. The molecule has 110 valence electrons. The molecule has 0 saturated heterocycles. The maximum absolute atomic E-state index is 10.6. The Bertz CT molecular complexity index is 488. The molecule has 0 spiro atoms. The monoisotopic (exact) mass is 341 g/mol. The van der Waals surface area contributed by atoms with E-state index < -0.39 is 12.1 Å². The van der Waals surface area contributed by atoms with Crippen molar-refractivity contribution in [3.63, 3.8) is 0 Å². The van der Waals surface area contributed by atoms with Crippen molar-refractivity contribution in [1.29, 1.82) is 0 Å². The van der Waals surface area contributed by atoms with Crippen LogP contribution in [-0.4, -0.2) is 18.0 Å². The molecule has 2 atom stereocenters. The van der Waals surface area contributed by atoms with Crippen LogP contribution in [0.1, 0.15) is 43.7 Å². The van der Waals surface area contributed by atoms with Gasteiger partial charge in [-0.2, -0.15) is 0 Å². The Morgan fingerprint density at radius 2 is 1.80 bits per heavy atom. The predicted molar refractivity (Wildman–Crippen MR) is 79.8 cm³/mol. The second kappa shape index (κ2) is 5.92. The highest BCUT2D eigenvalue weighted by Crippen LogP contribution is 2.40. The van der Waals surface area contributed by atoms with Crippen molar-refractivity contribution in [2.45, 2.75) is 44.2 Å². The number of halogens is 1. The standard InChI is InChI=1S/C15H20BrNO3/c16-11-7-13-12(19-8-20-13)6-10(11)14(17)15(18)9-4-2-1-3-5-9/h6-7,9,14-15,18H,1-5,8,17H2/t14-,15+/m0/s1. The third-order valence-corrected chi connectivity index (χ3v) is 5.04. The van der Waals surface area contributed by atoms with Crippen LogP contribution in [0.15, 0.2) is 16.6 Å². The van der Waals surface area contributed by atoms with E-state index in [-0.39, 0.29) is 6.79 Å². The van der Waals surface area contributed by atoms with E-state index in [1.54, 1.807) is 0 Å². The molecule has 1 aromatic rings. The fourth-order valence-electron chi connectivity index (χ4n) is 3.14. The summed E-state index contributed by atoms with van der Waals surface area (Å²) in [6.45, 7) is 0.242. The summed E-state index contributed by atoms with van der Waals surface area (Å²) in [5, 5.41) is 10.6. The first-order valence-electron chi connectivity index (χ1n) is 7.19. The summed E-state index contributed by atoms with van der Waals surface area (Å²) >= 11 is 3.52. The second-order valence-corrected chi connectivity index (χ2v) is 6.50. The average Bonchev–Trinajstić information content (AvgIpc) is 2.93. The molecule has 0 radical (unpaired) electrons. The molecule has 0 bridgehead atoms. The smallest absolute Gasteiger partial charge is 0.231 e. The second-order valence-electron chi connectivity index (χ2n) is 5.64. The summed E-state index contributed by atoms with van der Waals surface area (Å²) in [4.78, 5) is 0. The number of benzene rings is 1. The van der Waals surface area contributed by atoms with Gasteiger partial charge < -0.3 is 20.3 Å². The number of hydrogen-bond acceptors (Lipinski definition) is 4. The first-order valence-corrected chi connectivity index (χ1v) is 7.99. The van der Waals surface area contributed by atoms with Crippen LogP contribution in [0.4, 0.5) is 0 Å². The molecule has 1 heterocycles. The minimum atomic E-state index is -0.507. The van der Waals surface area contributed by atoms with Gasteiger partial charge in [0.2, 0.25) is 6.79 Å². The van der Waals surface area contributed by atoms with Gasteiger partial charge in [0.15, 0.2) is 11.5 Å². The molecule has 1 saturated carbocycles. The molecule has 0 aromatic heterocycles. The third kappa shape index (κ3) is 2.67. The van der Waals surface area contributed by atoms with Gasteiger partial charge in [-0.3, -0.25) is 0 Å². The van der Waals surface area contributed by atoms with E-state index in [0.717, 1.165) is 28.6 Å². The molecule has 4 nitrogen and oxygen atoms in total. The van der Waals surface area contributed by atoms with Crippen molar-refractivity contribution in [2.24, 2.45) is 11.7 Å². The molecule has 5 heteroatoms. The SMILES string of the molecule is N[C@@H](c1cc2c(cc1Br)OCO2)[C@H](O)C1CCCCC1. The highest BCUT2D eigenvalue weighted by Gasteiger charge is 2.30. The van der Waals surface area contributed by atoms with E-state index in [1.807, 2.05) is 12.1 Å². The number of nitrogens with two attached hydrogens (primary N) is 1. The van der Waals surface area contributed by atoms with E-state index in [0.29, 0.717) is 11.7 Å². The Labute approximate surface area is 127 Å². The van der Waals surface area contributed by atoms with Gasteiger partial charge in [-0.1, -0.05) is 35.2 Å². The van der Waals surface area contributed by atoms with E-state index in [4.69, 9.17) is 15.2 Å². The van der Waals surface area contributed by atoms with Gasteiger partial charge in [0, 0.05) is 4.47 Å². The van der Waals surface area contributed by atoms with Gasteiger partial charge in [-0.25, -0.2) is 0 Å². The zero-order valence-electron chi connectivity index (χ0n) is 11.3. The number of ether oxygens (including phenoxy) is 2. The zero-order valence-corrected chi connectivity index (χ0v) is 12.9. The average molecular weight is 342 g/mol. The van der Waals surface area contributed by atoms with Crippen LogP contribution in [0.3, 0.4) is 0 Å². The molecule has 0 unspecified atom stereocenters. The Hall–Kier alpha value is -0.780. The summed E-state index contributed by atoms with van der Waals surface area (Å²) in [6, 6.07) is 3.34. The predicted octanol–water partition coefficient (Wildman–Crippen LogP) is 3.12. The quantitative estimate of drug-likeness (QED) is 0.886. The molecule has 1 aromatic carbocycles. The van der Waals surface area contributed by atoms with Gasteiger partial charge in [0.1, 0.15) is 0 Å². The Morgan fingerprint density at radius 1 is 1.15 bits per heavy atom. The number of fused-ring (bicyclic) bond motifs is 1. The number of hydrogen-bond donors (Lipinski definition) is 2. The zero-order chi connectivity index (χ0) is 14.1. The largest absolute Gasteiger partial charge is 0.454 e. The van der Waals surface area contributed by atoms with Crippen LogP contribution in [0.2, 0.25) is 0 Å². The number of rotatable bonds is 3. The van der Waals surface area contributed by atoms with Crippen molar-refractivity contribution < 1.29 is 14.6 Å². The molecule has 0 amide bonds. The van der Waals surface area contributed by atoms with E-state index in [9.17, 15) is 5.11 Å². The molecule has 3 N–H and O–H groups in total. The van der Waals surface area contributed by atoms with Crippen LogP contribution in [-0.2, 0) is 0 Å². The van der Waals surface area contributed by atoms with Crippen molar-refractivity contribution >= 4 is 15.9 Å². The van der Waals surface area contributed by atoms with Crippen LogP contribution < -0.4 is 15.2 Å². The summed E-state index contributed by atoms with van der Waals surface area (Å²) in [5.41, 5.74) is 7.17. The molecule has 1 aliphatic heterocycles. The summed E-state index contributed by atoms with van der Waals surface area (Å²) in [7, 11) is 0. The van der Waals surface area contributed by atoms with E-state index in [1.165, 1.54) is 19.3 Å². The van der Waals surface area contributed by atoms with Gasteiger partial charge in [-0.05, 0) is 36.5 Å². The lowest BCUT2D eigenvalue weighted by molar-refractivity contribution is 0.0615. The summed E-state index contributed by atoms with van der Waals surface area (Å²) in [5.74, 6) is 1.73. The van der Waals surface area contributed by atoms with Crippen molar-refractivity contribution in [2.75, 3.05) is 6.79 Å². The number of aliphatic hydroxyl groups is 1. The minimum absolute atomic E-state index is 0.242. The molecular formula is C15H20BrNO3. The topological polar surface area (TPSA) is 64.7 Å². The van der Waals surface area contributed by atoms with E-state index in [2.05, 4.69) is 15.9 Å². The van der Waals surface area contributed by atoms with Crippen molar-refractivity contribution in [1.82, 2.24) is 0 Å². The number of aliphatic hydroxyl groups excluding tert-OH is 1. The first kappa shape index (κ1) is 14.2. The Balaban J connectivity index is 1.80. The first-order chi connectivity index (χ1) is 9.66. The lowest BCUT2D eigenvalue weighted by Crippen LogP contribution is -2.34. The maximum atomic E-state index is 10.6. The fourth-order valence-corrected chi connectivity index (χ4v) is 3.73. The van der Waals surface area contributed by atoms with Crippen molar-refractivity contribution in [3.8, 4) is 11.5 Å². The highest BCUT2D eigenvalue weighted by molar-refractivity contribution is 9.10. The molecule has 3 rings (SSSR count). The lowest BCUT2D eigenvalue weighted by Gasteiger charge is -2.31. The summed E-state index contributed by atoms with van der Waals surface area (Å²) in [6.07, 6.45) is 5.28. The maximum Gasteiger partial charge on any atom is 0.231 e. The highest BCUT2D eigenvalue weighted by atomic mass is 79.9. The van der Waals surface area contributed by atoms with Crippen LogP contribution >= 0.6 is 15.9 Å². The minimum Gasteiger partial charge on any atom is -0.454 e. The molecule has 1 aliphatic carbocycles. The van der Waals surface area contributed by atoms with Gasteiger partial charge in [0.05, 0.1) is 12.1 Å². The Kier molecular flexibility index (Phi) is 4.19. The molecule has 2 aliphatic rings. The van der Waals surface area contributed by atoms with Crippen LogP contribution in [0.25, 0.3) is 0 Å². The summed E-state index contributed by atoms with van der Waals surface area (Å²) < 4.78 is 11.6. The fraction of sp³-hybridized carbons (Fsp3) is 0.600. The molecule has 1 fully saturated rings.